The molecule has 1 aromatic rings. The van der Waals surface area contributed by atoms with Gasteiger partial charge in [0.15, 0.2) is 0 Å². The van der Waals surface area contributed by atoms with Crippen molar-refractivity contribution < 1.29 is 9.90 Å². The Bertz CT molecular complexity index is 437. The highest BCUT2D eigenvalue weighted by Crippen LogP contribution is 2.23. The number of nitrogens with one attached hydrogen (secondary N) is 1. The molecule has 1 aromatic carbocycles. The smallest absolute Gasteiger partial charge is 0.257 e. The maximum Gasteiger partial charge on any atom is 0.257 e. The first kappa shape index (κ1) is 12.2. The minimum Gasteiger partial charge on any atom is -0.507 e. The van der Waals surface area contributed by atoms with Crippen molar-refractivity contribution in [1.82, 2.24) is 10.2 Å². The van der Waals surface area contributed by atoms with Crippen LogP contribution in [-0.2, 0) is 0 Å². The zero-order valence-corrected chi connectivity index (χ0v) is 10.4. The van der Waals surface area contributed by atoms with E-state index in [2.05, 4.69) is 5.32 Å². The average molecular weight is 255 g/mol. The molecule has 0 aliphatic carbocycles. The number of phenols is 1. The van der Waals surface area contributed by atoms with Crippen LogP contribution in [0.25, 0.3) is 0 Å². The van der Waals surface area contributed by atoms with Crippen LogP contribution >= 0.6 is 11.6 Å². The Balaban J connectivity index is 2.26. The molecule has 1 aliphatic rings. The molecule has 1 fully saturated rings. The maximum atomic E-state index is 12.3. The summed E-state index contributed by atoms with van der Waals surface area (Å²) in [6, 6.07) is 4.64. The van der Waals surface area contributed by atoms with Gasteiger partial charge >= 0.3 is 0 Å². The molecule has 0 radical (unpaired) electrons. The Kier molecular flexibility index (Phi) is 3.54. The second kappa shape index (κ2) is 4.94. The fraction of sp³-hybridized carbons (Fsp3) is 0.417. The number of amides is 1. The number of hydrogen-bond donors (Lipinski definition) is 2. The number of aromatic hydroxyl groups is 1. The minimum atomic E-state index is -0.168. The van der Waals surface area contributed by atoms with E-state index in [4.69, 9.17) is 11.6 Å². The van der Waals surface area contributed by atoms with Gasteiger partial charge in [0.05, 0.1) is 5.56 Å². The van der Waals surface area contributed by atoms with Gasteiger partial charge < -0.3 is 15.3 Å². The maximum absolute atomic E-state index is 12.3. The zero-order valence-electron chi connectivity index (χ0n) is 9.61. The molecule has 1 unspecified atom stereocenters. The van der Waals surface area contributed by atoms with Gasteiger partial charge in [-0.05, 0) is 25.1 Å². The molecule has 1 heterocycles. The van der Waals surface area contributed by atoms with Crippen LogP contribution in [0.15, 0.2) is 18.2 Å². The Labute approximate surface area is 105 Å². The molecule has 0 bridgehead atoms. The summed E-state index contributed by atoms with van der Waals surface area (Å²) in [5.41, 5.74) is 0.270. The van der Waals surface area contributed by atoms with Crippen molar-refractivity contribution in [2.45, 2.75) is 13.0 Å². The van der Waals surface area contributed by atoms with Crippen LogP contribution in [-0.4, -0.2) is 41.6 Å². The van der Waals surface area contributed by atoms with Crippen LogP contribution in [0.5, 0.6) is 5.75 Å². The van der Waals surface area contributed by atoms with E-state index in [0.29, 0.717) is 11.6 Å². The van der Waals surface area contributed by atoms with E-state index in [1.165, 1.54) is 12.1 Å². The minimum absolute atomic E-state index is 0.0230. The zero-order chi connectivity index (χ0) is 12.4. The molecule has 17 heavy (non-hydrogen) atoms. The second-order valence-electron chi connectivity index (χ2n) is 4.21. The highest BCUT2D eigenvalue weighted by atomic mass is 35.5. The molecule has 4 nitrogen and oxygen atoms in total. The van der Waals surface area contributed by atoms with Crippen molar-refractivity contribution in [2.75, 3.05) is 19.6 Å². The molecule has 0 saturated carbocycles. The highest BCUT2D eigenvalue weighted by molar-refractivity contribution is 6.31. The van der Waals surface area contributed by atoms with E-state index in [1.54, 1.807) is 11.0 Å². The molecular formula is C12H15ClN2O2. The third-order valence-electron chi connectivity index (χ3n) is 2.95. The lowest BCUT2D eigenvalue weighted by atomic mass is 10.1. The monoisotopic (exact) mass is 254 g/mol. The summed E-state index contributed by atoms with van der Waals surface area (Å²) in [6.07, 6.45) is 0. The summed E-state index contributed by atoms with van der Waals surface area (Å²) in [5, 5.41) is 13.4. The van der Waals surface area contributed by atoms with Gasteiger partial charge in [-0.15, -0.1) is 0 Å². The van der Waals surface area contributed by atoms with E-state index in [0.717, 1.165) is 13.1 Å². The van der Waals surface area contributed by atoms with Gasteiger partial charge in [0.2, 0.25) is 0 Å². The summed E-state index contributed by atoms with van der Waals surface area (Å²) in [5.74, 6) is -0.191. The van der Waals surface area contributed by atoms with Crippen molar-refractivity contribution in [3.63, 3.8) is 0 Å². The van der Waals surface area contributed by atoms with Crippen LogP contribution in [0.3, 0.4) is 0 Å². The summed E-state index contributed by atoms with van der Waals surface area (Å²) in [4.78, 5) is 14.0. The van der Waals surface area contributed by atoms with E-state index in [9.17, 15) is 9.90 Å². The molecule has 1 atom stereocenters. The first-order chi connectivity index (χ1) is 8.09. The molecule has 1 saturated heterocycles. The van der Waals surface area contributed by atoms with E-state index in [1.807, 2.05) is 6.92 Å². The van der Waals surface area contributed by atoms with Crippen molar-refractivity contribution in [1.29, 1.82) is 0 Å². The lowest BCUT2D eigenvalue weighted by molar-refractivity contribution is 0.0652. The quantitative estimate of drug-likeness (QED) is 0.798. The van der Waals surface area contributed by atoms with Crippen molar-refractivity contribution in [3.8, 4) is 5.75 Å². The molecule has 0 aromatic heterocycles. The molecule has 1 aliphatic heterocycles. The van der Waals surface area contributed by atoms with Gasteiger partial charge in [-0.3, -0.25) is 4.79 Å². The molecule has 1 amide bonds. The third-order valence-corrected chi connectivity index (χ3v) is 3.19. The Morgan fingerprint density at radius 2 is 2.35 bits per heavy atom. The number of benzene rings is 1. The van der Waals surface area contributed by atoms with Crippen molar-refractivity contribution >= 4 is 17.5 Å². The van der Waals surface area contributed by atoms with Gasteiger partial charge in [0, 0.05) is 30.7 Å². The number of nitrogens with zero attached hydrogens (tertiary/aromatic N) is 1. The molecule has 2 N–H and O–H groups in total. The van der Waals surface area contributed by atoms with Gasteiger partial charge in [0.25, 0.3) is 5.91 Å². The largest absolute Gasteiger partial charge is 0.507 e. The lowest BCUT2D eigenvalue weighted by Gasteiger charge is -2.34. The first-order valence-corrected chi connectivity index (χ1v) is 5.97. The number of carbonyl (C=O) groups is 1. The van der Waals surface area contributed by atoms with Crippen LogP contribution in [0.4, 0.5) is 0 Å². The highest BCUT2D eigenvalue weighted by Gasteiger charge is 2.25. The number of phenolic OH excluding ortho intramolecular Hbond substituents is 1. The van der Waals surface area contributed by atoms with Crippen LogP contribution in [0, 0.1) is 0 Å². The SMILES string of the molecule is CC1CNCCN1C(=O)c1cc(Cl)ccc1O. The fourth-order valence-corrected chi connectivity index (χ4v) is 2.15. The number of halogens is 1. The van der Waals surface area contributed by atoms with Crippen molar-refractivity contribution in [2.24, 2.45) is 0 Å². The summed E-state index contributed by atoms with van der Waals surface area (Å²) in [7, 11) is 0. The molecule has 5 heteroatoms. The van der Waals surface area contributed by atoms with Gasteiger partial charge in [-0.25, -0.2) is 0 Å². The number of carbonyl (C=O) groups excluding carboxylic acids is 1. The topological polar surface area (TPSA) is 52.6 Å². The third kappa shape index (κ3) is 2.53. The lowest BCUT2D eigenvalue weighted by Crippen LogP contribution is -2.52. The predicted molar refractivity (Wildman–Crippen MR) is 66.5 cm³/mol. The number of piperazine rings is 1. The van der Waals surface area contributed by atoms with Crippen LogP contribution < -0.4 is 5.32 Å². The molecule has 0 spiro atoms. The predicted octanol–water partition coefficient (Wildman–Crippen LogP) is 1.48. The normalized spacial score (nSPS) is 20.4. The Morgan fingerprint density at radius 1 is 1.59 bits per heavy atom. The Morgan fingerprint density at radius 3 is 3.06 bits per heavy atom. The van der Waals surface area contributed by atoms with E-state index in [-0.39, 0.29) is 23.3 Å². The van der Waals surface area contributed by atoms with Gasteiger partial charge in [-0.2, -0.15) is 0 Å². The summed E-state index contributed by atoms with van der Waals surface area (Å²) in [6.45, 7) is 4.17. The van der Waals surface area contributed by atoms with E-state index < -0.39 is 0 Å². The average Bonchev–Trinajstić information content (AvgIpc) is 2.32. The standard InChI is InChI=1S/C12H15ClN2O2/c1-8-7-14-4-5-15(8)12(17)10-6-9(13)2-3-11(10)16/h2-3,6,8,14,16H,4-5,7H2,1H3. The van der Waals surface area contributed by atoms with E-state index >= 15 is 0 Å². The van der Waals surface area contributed by atoms with Crippen LogP contribution in [0.2, 0.25) is 5.02 Å². The summed E-state index contributed by atoms with van der Waals surface area (Å²) >= 11 is 5.84. The number of hydrogen-bond acceptors (Lipinski definition) is 3. The fourth-order valence-electron chi connectivity index (χ4n) is 1.98. The molecule has 2 rings (SSSR count). The van der Waals surface area contributed by atoms with Crippen LogP contribution in [0.1, 0.15) is 17.3 Å². The van der Waals surface area contributed by atoms with Crippen molar-refractivity contribution in [3.05, 3.63) is 28.8 Å². The van der Waals surface area contributed by atoms with Gasteiger partial charge in [-0.1, -0.05) is 11.6 Å². The van der Waals surface area contributed by atoms with Gasteiger partial charge in [0.1, 0.15) is 5.75 Å². The number of rotatable bonds is 1. The summed E-state index contributed by atoms with van der Waals surface area (Å²) < 4.78 is 0. The molecule has 92 valence electrons. The molecular weight excluding hydrogens is 240 g/mol. The first-order valence-electron chi connectivity index (χ1n) is 5.60. The second-order valence-corrected chi connectivity index (χ2v) is 4.65. The Hall–Kier alpha value is -1.26.